The zero-order valence-corrected chi connectivity index (χ0v) is 19.8. The van der Waals surface area contributed by atoms with E-state index in [0.717, 1.165) is 63.2 Å². The number of hydrogen-bond acceptors (Lipinski definition) is 7. The van der Waals surface area contributed by atoms with E-state index in [1.807, 2.05) is 13.0 Å². The van der Waals surface area contributed by atoms with Gasteiger partial charge in [0.15, 0.2) is 0 Å². The Morgan fingerprint density at radius 3 is 2.52 bits per heavy atom. The maximum Gasteiger partial charge on any atom is 0.311 e. The van der Waals surface area contributed by atoms with Crippen LogP contribution in [0.15, 0.2) is 30.3 Å². The Morgan fingerprint density at radius 2 is 1.82 bits per heavy atom. The first-order valence-corrected chi connectivity index (χ1v) is 12.4. The van der Waals surface area contributed by atoms with Crippen LogP contribution in [0.2, 0.25) is 5.28 Å². The predicted octanol–water partition coefficient (Wildman–Crippen LogP) is 4.41. The maximum absolute atomic E-state index is 12.8. The molecule has 3 aliphatic carbocycles. The predicted molar refractivity (Wildman–Crippen MR) is 128 cm³/mol. The van der Waals surface area contributed by atoms with Crippen LogP contribution >= 0.6 is 11.6 Å². The van der Waals surface area contributed by atoms with Gasteiger partial charge in [0, 0.05) is 36.4 Å². The van der Waals surface area contributed by atoms with Crippen LogP contribution in [-0.4, -0.2) is 54.9 Å². The lowest BCUT2D eigenvalue weighted by atomic mass is 9.61. The van der Waals surface area contributed by atoms with Gasteiger partial charge in [0.05, 0.1) is 31.4 Å². The molecule has 3 saturated carbocycles. The van der Waals surface area contributed by atoms with Crippen LogP contribution < -0.4 is 10.2 Å². The fourth-order valence-corrected chi connectivity index (χ4v) is 5.89. The fourth-order valence-electron chi connectivity index (χ4n) is 5.71. The summed E-state index contributed by atoms with van der Waals surface area (Å²) in [5.74, 6) is 1.24. The minimum absolute atomic E-state index is 0.0130. The van der Waals surface area contributed by atoms with E-state index in [-0.39, 0.29) is 23.2 Å². The molecule has 0 amide bonds. The first-order chi connectivity index (χ1) is 16.1. The minimum Gasteiger partial charge on any atom is -0.466 e. The Morgan fingerprint density at radius 1 is 1.12 bits per heavy atom. The first-order valence-electron chi connectivity index (χ1n) is 12.0. The van der Waals surface area contributed by atoms with Crippen molar-refractivity contribution < 1.29 is 14.3 Å². The number of nitrogens with one attached hydrogen (secondary N) is 1. The number of ether oxygens (including phenoxy) is 2. The smallest absolute Gasteiger partial charge is 0.311 e. The summed E-state index contributed by atoms with van der Waals surface area (Å²) in [5.41, 5.74) is 2.92. The highest BCUT2D eigenvalue weighted by atomic mass is 35.5. The van der Waals surface area contributed by atoms with Crippen LogP contribution in [0.25, 0.3) is 11.3 Å². The average Bonchev–Trinajstić information content (AvgIpc) is 2.85. The van der Waals surface area contributed by atoms with Gasteiger partial charge in [0.2, 0.25) is 5.28 Å². The molecule has 8 heteroatoms. The van der Waals surface area contributed by atoms with Crippen molar-refractivity contribution in [3.05, 3.63) is 35.6 Å². The third-order valence-corrected chi connectivity index (χ3v) is 7.50. The van der Waals surface area contributed by atoms with Crippen molar-refractivity contribution >= 4 is 29.1 Å². The lowest BCUT2D eigenvalue weighted by Crippen LogP contribution is -2.52. The Kier molecular flexibility index (Phi) is 6.69. The number of carbonyl (C=O) groups is 1. The van der Waals surface area contributed by atoms with E-state index in [1.54, 1.807) is 0 Å². The van der Waals surface area contributed by atoms with Crippen LogP contribution in [0.1, 0.15) is 32.6 Å². The third kappa shape index (κ3) is 4.80. The van der Waals surface area contributed by atoms with Crippen molar-refractivity contribution in [1.82, 2.24) is 9.97 Å². The van der Waals surface area contributed by atoms with Crippen molar-refractivity contribution in [3.8, 4) is 11.3 Å². The molecule has 0 unspecified atom stereocenters. The molecule has 2 aromatic rings. The highest BCUT2D eigenvalue weighted by Crippen LogP contribution is 2.46. The van der Waals surface area contributed by atoms with E-state index in [0.29, 0.717) is 24.3 Å². The largest absolute Gasteiger partial charge is 0.466 e. The highest BCUT2D eigenvalue weighted by molar-refractivity contribution is 6.28. The summed E-state index contributed by atoms with van der Waals surface area (Å²) >= 11 is 6.32. The Hall–Kier alpha value is -2.38. The number of anilines is 2. The standard InChI is InChI=1S/C25H31ClN4O3/c1-2-33-24(31)22-17-3-5-18(6-4-17)23(22)28-21-15-20(27-25(26)29-21)16-7-9-19(10-8-16)30-11-13-32-14-12-30/h7-10,15,17-18,22-23H,2-6,11-14H2,1H3,(H,27,28,29)/t17?,18?,22-,23-/m0/s1. The number of esters is 1. The summed E-state index contributed by atoms with van der Waals surface area (Å²) in [6.07, 6.45) is 4.45. The molecule has 4 aliphatic rings. The monoisotopic (exact) mass is 470 g/mol. The molecule has 176 valence electrons. The summed E-state index contributed by atoms with van der Waals surface area (Å²) in [6.45, 7) is 5.59. The van der Waals surface area contributed by atoms with E-state index in [9.17, 15) is 4.79 Å². The number of benzene rings is 1. The van der Waals surface area contributed by atoms with E-state index in [1.165, 1.54) is 5.69 Å². The Labute approximate surface area is 199 Å². The van der Waals surface area contributed by atoms with Crippen LogP contribution in [0.5, 0.6) is 0 Å². The van der Waals surface area contributed by atoms with Gasteiger partial charge in [0.1, 0.15) is 5.82 Å². The molecule has 0 spiro atoms. The molecule has 2 heterocycles. The van der Waals surface area contributed by atoms with Gasteiger partial charge in [-0.1, -0.05) is 12.1 Å². The summed E-state index contributed by atoms with van der Waals surface area (Å²) in [7, 11) is 0. The van der Waals surface area contributed by atoms with Gasteiger partial charge < -0.3 is 19.7 Å². The van der Waals surface area contributed by atoms with Crippen molar-refractivity contribution in [3.63, 3.8) is 0 Å². The van der Waals surface area contributed by atoms with E-state index in [2.05, 4.69) is 44.5 Å². The van der Waals surface area contributed by atoms with Gasteiger partial charge in [-0.2, -0.15) is 0 Å². The number of fused-ring (bicyclic) bond motifs is 3. The second kappa shape index (κ2) is 9.85. The summed E-state index contributed by atoms with van der Waals surface area (Å²) in [5, 5.41) is 3.75. The molecule has 4 fully saturated rings. The van der Waals surface area contributed by atoms with Gasteiger partial charge in [0.25, 0.3) is 0 Å². The topological polar surface area (TPSA) is 76.6 Å². The molecule has 0 radical (unpaired) electrons. The number of hydrogen-bond donors (Lipinski definition) is 1. The second-order valence-corrected chi connectivity index (χ2v) is 9.51. The Bertz CT molecular complexity index is 972. The lowest BCUT2D eigenvalue weighted by molar-refractivity contribution is -0.154. The van der Waals surface area contributed by atoms with Crippen LogP contribution in [-0.2, 0) is 14.3 Å². The van der Waals surface area contributed by atoms with E-state index in [4.69, 9.17) is 21.1 Å². The summed E-state index contributed by atoms with van der Waals surface area (Å²) < 4.78 is 10.9. The quantitative estimate of drug-likeness (QED) is 0.494. The molecule has 2 bridgehead atoms. The Balaban J connectivity index is 1.36. The lowest BCUT2D eigenvalue weighted by Gasteiger charge is -2.47. The highest BCUT2D eigenvalue weighted by Gasteiger charge is 2.48. The fraction of sp³-hybridized carbons (Fsp3) is 0.560. The first kappa shape index (κ1) is 22.4. The molecule has 1 saturated heterocycles. The number of nitrogens with zero attached hydrogens (tertiary/aromatic N) is 3. The molecule has 2 atom stereocenters. The van der Waals surface area contributed by atoms with Crippen LogP contribution in [0.3, 0.4) is 0 Å². The number of halogens is 1. The van der Waals surface area contributed by atoms with Gasteiger partial charge in [-0.05, 0) is 68.2 Å². The number of carbonyl (C=O) groups excluding carboxylic acids is 1. The molecule has 1 N–H and O–H groups in total. The van der Waals surface area contributed by atoms with E-state index >= 15 is 0 Å². The van der Waals surface area contributed by atoms with Crippen molar-refractivity contribution in [2.45, 2.75) is 38.6 Å². The molecular weight excluding hydrogens is 440 g/mol. The van der Waals surface area contributed by atoms with Crippen molar-refractivity contribution in [1.29, 1.82) is 0 Å². The maximum atomic E-state index is 12.8. The summed E-state index contributed by atoms with van der Waals surface area (Å²) in [6, 6.07) is 10.3. The van der Waals surface area contributed by atoms with Gasteiger partial charge in [-0.3, -0.25) is 4.79 Å². The zero-order valence-electron chi connectivity index (χ0n) is 19.0. The molecule has 1 aromatic heterocycles. The number of morpholine rings is 1. The molecule has 6 rings (SSSR count). The second-order valence-electron chi connectivity index (χ2n) is 9.18. The van der Waals surface area contributed by atoms with Crippen LogP contribution in [0, 0.1) is 17.8 Å². The molecular formula is C25H31ClN4O3. The number of rotatable bonds is 6. The minimum atomic E-state index is -0.137. The zero-order chi connectivity index (χ0) is 22.8. The molecule has 1 aromatic carbocycles. The number of aromatic nitrogens is 2. The third-order valence-electron chi connectivity index (χ3n) is 7.33. The van der Waals surface area contributed by atoms with Crippen molar-refractivity contribution in [2.24, 2.45) is 17.8 Å². The van der Waals surface area contributed by atoms with Gasteiger partial charge >= 0.3 is 5.97 Å². The molecule has 1 aliphatic heterocycles. The SMILES string of the molecule is CCOC(=O)[C@H]1C2CCC(CC2)[C@@H]1Nc1cc(-c2ccc(N3CCOCC3)cc2)nc(Cl)n1. The van der Waals surface area contributed by atoms with Crippen molar-refractivity contribution in [2.75, 3.05) is 43.1 Å². The van der Waals surface area contributed by atoms with E-state index < -0.39 is 0 Å². The molecule has 33 heavy (non-hydrogen) atoms. The van der Waals surface area contributed by atoms with Gasteiger partial charge in [-0.25, -0.2) is 9.97 Å². The average molecular weight is 471 g/mol. The molecule has 7 nitrogen and oxygen atoms in total. The summed E-state index contributed by atoms with van der Waals surface area (Å²) in [4.78, 5) is 24.0. The van der Waals surface area contributed by atoms with Crippen LogP contribution in [0.4, 0.5) is 11.5 Å². The van der Waals surface area contributed by atoms with Gasteiger partial charge in [-0.15, -0.1) is 0 Å². The normalized spacial score (nSPS) is 26.8.